The Hall–Kier alpha value is -1.38. The van der Waals surface area contributed by atoms with Crippen LogP contribution >= 0.6 is 0 Å². The van der Waals surface area contributed by atoms with Gasteiger partial charge in [0.05, 0.1) is 6.42 Å². The van der Waals surface area contributed by atoms with Crippen LogP contribution in [-0.2, 0) is 16.0 Å². The van der Waals surface area contributed by atoms with Crippen molar-refractivity contribution in [2.45, 2.75) is 45.1 Å². The van der Waals surface area contributed by atoms with Crippen molar-refractivity contribution < 1.29 is 9.53 Å². The summed E-state index contributed by atoms with van der Waals surface area (Å²) in [6.45, 7) is 2.17. The monoisotopic (exact) mass is 233 g/mol. The Labute approximate surface area is 102 Å². The number of carbonyl (C=O) groups excluding carboxylic acids is 1. The van der Waals surface area contributed by atoms with Crippen LogP contribution < -0.4 is 0 Å². The molecule has 17 heavy (non-hydrogen) atoms. The van der Waals surface area contributed by atoms with E-state index in [4.69, 9.17) is 4.74 Å². The zero-order valence-corrected chi connectivity index (χ0v) is 10.3. The van der Waals surface area contributed by atoms with Gasteiger partial charge in [0.15, 0.2) is 0 Å². The summed E-state index contributed by atoms with van der Waals surface area (Å²) in [5.41, 5.74) is 0.966. The molecule has 2 rings (SSSR count). The third-order valence-electron chi connectivity index (χ3n) is 3.41. The molecule has 0 N–H and O–H groups in total. The number of rotatable bonds is 3. The SMILES string of the molecule is CC1CCCCC1OC(=O)Cc1ccncc1. The van der Waals surface area contributed by atoms with Crippen molar-refractivity contribution in [2.24, 2.45) is 5.92 Å². The molecule has 2 unspecified atom stereocenters. The fraction of sp³-hybridized carbons (Fsp3) is 0.571. The average molecular weight is 233 g/mol. The van der Waals surface area contributed by atoms with E-state index in [0.717, 1.165) is 12.0 Å². The van der Waals surface area contributed by atoms with E-state index >= 15 is 0 Å². The minimum absolute atomic E-state index is 0.116. The maximum Gasteiger partial charge on any atom is 0.310 e. The normalized spacial score (nSPS) is 24.3. The maximum absolute atomic E-state index is 11.8. The lowest BCUT2D eigenvalue weighted by Crippen LogP contribution is -2.28. The zero-order valence-electron chi connectivity index (χ0n) is 10.3. The highest BCUT2D eigenvalue weighted by Gasteiger charge is 2.24. The van der Waals surface area contributed by atoms with Crippen LogP contribution in [0.4, 0.5) is 0 Å². The van der Waals surface area contributed by atoms with E-state index in [1.54, 1.807) is 12.4 Å². The Balaban J connectivity index is 1.84. The molecule has 1 fully saturated rings. The highest BCUT2D eigenvalue weighted by molar-refractivity contribution is 5.72. The first-order chi connectivity index (χ1) is 8.25. The number of hydrogen-bond donors (Lipinski definition) is 0. The first kappa shape index (κ1) is 12.1. The van der Waals surface area contributed by atoms with Crippen molar-refractivity contribution in [3.05, 3.63) is 30.1 Å². The molecule has 2 atom stereocenters. The van der Waals surface area contributed by atoms with Gasteiger partial charge in [-0.3, -0.25) is 9.78 Å². The number of esters is 1. The molecular formula is C14H19NO2. The Morgan fingerprint density at radius 1 is 1.35 bits per heavy atom. The van der Waals surface area contributed by atoms with E-state index in [0.29, 0.717) is 12.3 Å². The van der Waals surface area contributed by atoms with Gasteiger partial charge in [0.2, 0.25) is 0 Å². The molecule has 3 heteroatoms. The van der Waals surface area contributed by atoms with Crippen molar-refractivity contribution in [3.63, 3.8) is 0 Å². The highest BCUT2D eigenvalue weighted by atomic mass is 16.5. The van der Waals surface area contributed by atoms with Crippen molar-refractivity contribution in [3.8, 4) is 0 Å². The van der Waals surface area contributed by atoms with E-state index in [1.165, 1.54) is 19.3 Å². The fourth-order valence-electron chi connectivity index (χ4n) is 2.34. The lowest BCUT2D eigenvalue weighted by Gasteiger charge is -2.28. The summed E-state index contributed by atoms with van der Waals surface area (Å²) in [5, 5.41) is 0. The minimum Gasteiger partial charge on any atom is -0.462 e. The number of aromatic nitrogens is 1. The van der Waals surface area contributed by atoms with Crippen LogP contribution in [0, 0.1) is 5.92 Å². The van der Waals surface area contributed by atoms with Crippen LogP contribution in [0.1, 0.15) is 38.2 Å². The van der Waals surface area contributed by atoms with Crippen LogP contribution in [0.2, 0.25) is 0 Å². The molecule has 3 nitrogen and oxygen atoms in total. The van der Waals surface area contributed by atoms with Gasteiger partial charge >= 0.3 is 5.97 Å². The summed E-state index contributed by atoms with van der Waals surface area (Å²) in [4.78, 5) is 15.7. The third kappa shape index (κ3) is 3.55. The topological polar surface area (TPSA) is 39.2 Å². The molecule has 0 aliphatic heterocycles. The molecule has 1 aliphatic carbocycles. The Bertz CT molecular complexity index is 364. The molecule has 0 aromatic carbocycles. The number of pyridine rings is 1. The molecule has 0 amide bonds. The Morgan fingerprint density at radius 2 is 2.06 bits per heavy atom. The molecule has 1 saturated carbocycles. The van der Waals surface area contributed by atoms with Gasteiger partial charge in [0.1, 0.15) is 6.10 Å². The van der Waals surface area contributed by atoms with E-state index < -0.39 is 0 Å². The van der Waals surface area contributed by atoms with Gasteiger partial charge in [-0.2, -0.15) is 0 Å². The van der Waals surface area contributed by atoms with Crippen LogP contribution in [0.15, 0.2) is 24.5 Å². The smallest absolute Gasteiger partial charge is 0.310 e. The lowest BCUT2D eigenvalue weighted by atomic mass is 9.88. The van der Waals surface area contributed by atoms with Gasteiger partial charge in [-0.05, 0) is 42.9 Å². The first-order valence-corrected chi connectivity index (χ1v) is 6.34. The van der Waals surface area contributed by atoms with Gasteiger partial charge in [0, 0.05) is 12.4 Å². The predicted octanol–water partition coefficient (Wildman–Crippen LogP) is 2.75. The molecule has 1 aromatic heterocycles. The second-order valence-electron chi connectivity index (χ2n) is 4.82. The summed E-state index contributed by atoms with van der Waals surface area (Å²) in [6, 6.07) is 3.71. The van der Waals surface area contributed by atoms with E-state index in [2.05, 4.69) is 11.9 Å². The lowest BCUT2D eigenvalue weighted by molar-refractivity contribution is -0.152. The van der Waals surface area contributed by atoms with Crippen molar-refractivity contribution in [1.82, 2.24) is 4.98 Å². The van der Waals surface area contributed by atoms with Crippen LogP contribution in [0.3, 0.4) is 0 Å². The van der Waals surface area contributed by atoms with E-state index in [-0.39, 0.29) is 12.1 Å². The number of hydrogen-bond acceptors (Lipinski definition) is 3. The molecule has 0 bridgehead atoms. The second-order valence-corrected chi connectivity index (χ2v) is 4.82. The predicted molar refractivity (Wildman–Crippen MR) is 65.5 cm³/mol. The maximum atomic E-state index is 11.8. The second kappa shape index (κ2) is 5.80. The number of ether oxygens (including phenoxy) is 1. The zero-order chi connectivity index (χ0) is 12.1. The van der Waals surface area contributed by atoms with Gasteiger partial charge in [-0.1, -0.05) is 13.3 Å². The standard InChI is InChI=1S/C14H19NO2/c1-11-4-2-3-5-13(11)17-14(16)10-12-6-8-15-9-7-12/h6-9,11,13H,2-5,10H2,1H3. The van der Waals surface area contributed by atoms with Crippen LogP contribution in [0.25, 0.3) is 0 Å². The van der Waals surface area contributed by atoms with Crippen molar-refractivity contribution in [2.75, 3.05) is 0 Å². The van der Waals surface area contributed by atoms with Gasteiger partial charge in [-0.15, -0.1) is 0 Å². The minimum atomic E-state index is -0.116. The van der Waals surface area contributed by atoms with Gasteiger partial charge < -0.3 is 4.74 Å². The molecule has 1 heterocycles. The molecule has 0 radical (unpaired) electrons. The third-order valence-corrected chi connectivity index (χ3v) is 3.41. The average Bonchev–Trinajstić information content (AvgIpc) is 2.33. The summed E-state index contributed by atoms with van der Waals surface area (Å²) >= 11 is 0. The Kier molecular flexibility index (Phi) is 4.13. The Morgan fingerprint density at radius 3 is 2.76 bits per heavy atom. The largest absolute Gasteiger partial charge is 0.462 e. The number of nitrogens with zero attached hydrogens (tertiary/aromatic N) is 1. The number of carbonyl (C=O) groups is 1. The molecule has 0 saturated heterocycles. The quantitative estimate of drug-likeness (QED) is 0.753. The molecule has 1 aliphatic rings. The van der Waals surface area contributed by atoms with E-state index in [9.17, 15) is 4.79 Å². The molecular weight excluding hydrogens is 214 g/mol. The van der Waals surface area contributed by atoms with Gasteiger partial charge in [0.25, 0.3) is 0 Å². The van der Waals surface area contributed by atoms with Crippen LogP contribution in [-0.4, -0.2) is 17.1 Å². The summed E-state index contributed by atoms with van der Waals surface area (Å²) < 4.78 is 5.55. The highest BCUT2D eigenvalue weighted by Crippen LogP contribution is 2.26. The molecule has 92 valence electrons. The fourth-order valence-corrected chi connectivity index (χ4v) is 2.34. The summed E-state index contributed by atoms with van der Waals surface area (Å²) in [6.07, 6.45) is 8.51. The molecule has 0 spiro atoms. The van der Waals surface area contributed by atoms with E-state index in [1.807, 2.05) is 12.1 Å². The van der Waals surface area contributed by atoms with Gasteiger partial charge in [-0.25, -0.2) is 0 Å². The molecule has 1 aromatic rings. The first-order valence-electron chi connectivity index (χ1n) is 6.34. The van der Waals surface area contributed by atoms with Crippen molar-refractivity contribution in [1.29, 1.82) is 0 Å². The van der Waals surface area contributed by atoms with Crippen LogP contribution in [0.5, 0.6) is 0 Å². The summed E-state index contributed by atoms with van der Waals surface area (Å²) in [7, 11) is 0. The summed E-state index contributed by atoms with van der Waals surface area (Å²) in [5.74, 6) is 0.389. The van der Waals surface area contributed by atoms with Crippen molar-refractivity contribution >= 4 is 5.97 Å².